The van der Waals surface area contributed by atoms with Crippen LogP contribution in [0.2, 0.25) is 0 Å². The number of benzene rings is 1. The summed E-state index contributed by atoms with van der Waals surface area (Å²) in [5.41, 5.74) is 2.68. The third-order valence-corrected chi connectivity index (χ3v) is 4.79. The minimum absolute atomic E-state index is 0.0323. The Morgan fingerprint density at radius 1 is 1.25 bits per heavy atom. The van der Waals surface area contributed by atoms with Crippen LogP contribution in [0, 0.1) is 12.8 Å². The number of aryl methyl sites for hydroxylation is 1. The highest BCUT2D eigenvalue weighted by atomic mass is 16.5. The Labute approximate surface area is 143 Å². The van der Waals surface area contributed by atoms with Gasteiger partial charge in [0.25, 0.3) is 5.91 Å². The zero-order chi connectivity index (χ0) is 17.3. The van der Waals surface area contributed by atoms with Gasteiger partial charge < -0.3 is 9.64 Å². The molecule has 1 saturated heterocycles. The highest BCUT2D eigenvalue weighted by Gasteiger charge is 2.34. The lowest BCUT2D eigenvalue weighted by atomic mass is 10.0. The highest BCUT2D eigenvalue weighted by Crippen LogP contribution is 2.29. The number of hydrogen-bond donors (Lipinski definition) is 0. The number of carbonyl (C=O) groups excluding carboxylic acids is 1. The highest BCUT2D eigenvalue weighted by molar-refractivity contribution is 5.95. The molecule has 0 radical (unpaired) electrons. The predicted octanol–water partition coefficient (Wildman–Crippen LogP) is 2.97. The fourth-order valence-corrected chi connectivity index (χ4v) is 3.05. The molecule has 0 saturated carbocycles. The third kappa shape index (κ3) is 3.22. The molecule has 2 atom stereocenters. The van der Waals surface area contributed by atoms with Crippen molar-refractivity contribution < 1.29 is 9.53 Å². The van der Waals surface area contributed by atoms with Gasteiger partial charge in [0.05, 0.1) is 24.4 Å². The first-order valence-corrected chi connectivity index (χ1v) is 8.45. The van der Waals surface area contributed by atoms with Crippen LogP contribution in [0.25, 0.3) is 0 Å². The Morgan fingerprint density at radius 2 is 1.96 bits per heavy atom. The van der Waals surface area contributed by atoms with Crippen molar-refractivity contribution in [2.24, 2.45) is 13.0 Å². The van der Waals surface area contributed by atoms with E-state index in [4.69, 9.17) is 4.74 Å². The molecule has 128 valence electrons. The minimum atomic E-state index is -0.0896. The van der Waals surface area contributed by atoms with E-state index in [1.54, 1.807) is 10.9 Å². The number of hydrogen-bond acceptors (Lipinski definition) is 3. The number of amides is 1. The Balaban J connectivity index is 1.86. The first-order valence-electron chi connectivity index (χ1n) is 8.45. The maximum Gasteiger partial charge on any atom is 0.257 e. The number of ether oxygens (including phenoxy) is 1. The molecule has 1 aliphatic rings. The average Bonchev–Trinajstić information content (AvgIpc) is 2.93. The Bertz CT molecular complexity index is 709. The third-order valence-electron chi connectivity index (χ3n) is 4.79. The van der Waals surface area contributed by atoms with Crippen molar-refractivity contribution in [1.29, 1.82) is 0 Å². The van der Waals surface area contributed by atoms with Crippen LogP contribution < -0.4 is 0 Å². The van der Waals surface area contributed by atoms with Gasteiger partial charge in [-0.15, -0.1) is 0 Å². The quantitative estimate of drug-likeness (QED) is 0.871. The SMILES string of the molecule is Cc1c(C(=O)N2C[C@@H](c3ccccc3)O[C@@H](C(C)C)C2)cnn1C. The topological polar surface area (TPSA) is 47.4 Å². The van der Waals surface area contributed by atoms with Gasteiger partial charge in [-0.05, 0) is 18.4 Å². The van der Waals surface area contributed by atoms with Crippen molar-refractivity contribution in [3.8, 4) is 0 Å². The Kier molecular flexibility index (Phi) is 4.71. The zero-order valence-corrected chi connectivity index (χ0v) is 14.8. The van der Waals surface area contributed by atoms with Gasteiger partial charge in [0.2, 0.25) is 0 Å². The smallest absolute Gasteiger partial charge is 0.257 e. The van der Waals surface area contributed by atoms with Gasteiger partial charge >= 0.3 is 0 Å². The predicted molar refractivity (Wildman–Crippen MR) is 92.7 cm³/mol. The van der Waals surface area contributed by atoms with Crippen molar-refractivity contribution in [3.05, 3.63) is 53.3 Å². The van der Waals surface area contributed by atoms with Gasteiger partial charge in [0, 0.05) is 19.3 Å². The van der Waals surface area contributed by atoms with Crippen LogP contribution in [0.4, 0.5) is 0 Å². The first-order chi connectivity index (χ1) is 11.5. The summed E-state index contributed by atoms with van der Waals surface area (Å²) in [4.78, 5) is 14.9. The number of rotatable bonds is 3. The molecule has 0 aliphatic carbocycles. The second-order valence-electron chi connectivity index (χ2n) is 6.80. The van der Waals surface area contributed by atoms with Crippen LogP contribution in [-0.2, 0) is 11.8 Å². The monoisotopic (exact) mass is 327 g/mol. The van der Waals surface area contributed by atoms with E-state index in [1.807, 2.05) is 37.1 Å². The van der Waals surface area contributed by atoms with Gasteiger partial charge in [-0.3, -0.25) is 9.48 Å². The van der Waals surface area contributed by atoms with Gasteiger partial charge in [-0.2, -0.15) is 5.10 Å². The van der Waals surface area contributed by atoms with Crippen molar-refractivity contribution >= 4 is 5.91 Å². The molecule has 0 bridgehead atoms. The van der Waals surface area contributed by atoms with Crippen molar-refractivity contribution in [1.82, 2.24) is 14.7 Å². The molecule has 3 rings (SSSR count). The zero-order valence-electron chi connectivity index (χ0n) is 14.8. The molecule has 2 heterocycles. The van der Waals surface area contributed by atoms with Crippen molar-refractivity contribution in [2.75, 3.05) is 13.1 Å². The van der Waals surface area contributed by atoms with Crippen molar-refractivity contribution in [3.63, 3.8) is 0 Å². The summed E-state index contributed by atoms with van der Waals surface area (Å²) < 4.78 is 8.01. The van der Waals surface area contributed by atoms with Crippen LogP contribution in [0.1, 0.15) is 41.6 Å². The summed E-state index contributed by atoms with van der Waals surface area (Å²) in [6.45, 7) is 7.38. The molecule has 0 spiro atoms. The number of nitrogens with zero attached hydrogens (tertiary/aromatic N) is 3. The number of carbonyl (C=O) groups is 1. The molecule has 1 amide bonds. The van der Waals surface area contributed by atoms with E-state index < -0.39 is 0 Å². The van der Waals surface area contributed by atoms with Crippen LogP contribution in [0.15, 0.2) is 36.5 Å². The lowest BCUT2D eigenvalue weighted by Crippen LogP contribution is -2.48. The van der Waals surface area contributed by atoms with Gasteiger partial charge in [-0.25, -0.2) is 0 Å². The van der Waals surface area contributed by atoms with E-state index in [1.165, 1.54) is 0 Å². The molecule has 0 unspecified atom stereocenters. The fourth-order valence-electron chi connectivity index (χ4n) is 3.05. The lowest BCUT2D eigenvalue weighted by Gasteiger charge is -2.40. The van der Waals surface area contributed by atoms with Crippen LogP contribution in [0.3, 0.4) is 0 Å². The summed E-state index contributed by atoms with van der Waals surface area (Å²) in [6, 6.07) is 10.1. The van der Waals surface area contributed by atoms with E-state index >= 15 is 0 Å². The lowest BCUT2D eigenvalue weighted by molar-refractivity contribution is -0.0954. The van der Waals surface area contributed by atoms with E-state index in [-0.39, 0.29) is 18.1 Å². The van der Waals surface area contributed by atoms with E-state index in [0.29, 0.717) is 24.6 Å². The summed E-state index contributed by atoms with van der Waals surface area (Å²) >= 11 is 0. The minimum Gasteiger partial charge on any atom is -0.366 e. The van der Waals surface area contributed by atoms with Crippen molar-refractivity contribution in [2.45, 2.75) is 33.0 Å². The molecule has 1 aliphatic heterocycles. The molecule has 1 fully saturated rings. The standard InChI is InChI=1S/C19H25N3O2/c1-13(2)17-11-22(19(23)16-10-20-21(4)14(16)3)12-18(24-17)15-8-6-5-7-9-15/h5-10,13,17-18H,11-12H2,1-4H3/t17-,18+/m1/s1. The Morgan fingerprint density at radius 3 is 2.54 bits per heavy atom. The average molecular weight is 327 g/mol. The number of morpholine rings is 1. The van der Waals surface area contributed by atoms with Gasteiger partial charge in [0.1, 0.15) is 6.10 Å². The molecule has 1 aromatic heterocycles. The van der Waals surface area contributed by atoms with E-state index in [9.17, 15) is 4.79 Å². The molecule has 5 nitrogen and oxygen atoms in total. The van der Waals surface area contributed by atoms with Crippen LogP contribution in [0.5, 0.6) is 0 Å². The molecular weight excluding hydrogens is 302 g/mol. The second-order valence-corrected chi connectivity index (χ2v) is 6.80. The van der Waals surface area contributed by atoms with Gasteiger partial charge in [0.15, 0.2) is 0 Å². The molecule has 24 heavy (non-hydrogen) atoms. The summed E-state index contributed by atoms with van der Waals surface area (Å²) in [7, 11) is 1.86. The summed E-state index contributed by atoms with van der Waals surface area (Å²) in [5, 5.41) is 4.20. The summed E-state index contributed by atoms with van der Waals surface area (Å²) in [5.74, 6) is 0.386. The maximum atomic E-state index is 13.0. The number of aromatic nitrogens is 2. The Hall–Kier alpha value is -2.14. The maximum absolute atomic E-state index is 13.0. The normalized spacial score (nSPS) is 21.3. The molecule has 0 N–H and O–H groups in total. The molecule has 1 aromatic carbocycles. The molecule has 2 aromatic rings. The van der Waals surface area contributed by atoms with Crippen LogP contribution in [-0.4, -0.2) is 39.8 Å². The molecule has 5 heteroatoms. The summed E-state index contributed by atoms with van der Waals surface area (Å²) in [6.07, 6.45) is 1.60. The first kappa shape index (κ1) is 16.7. The largest absolute Gasteiger partial charge is 0.366 e. The fraction of sp³-hybridized carbons (Fsp3) is 0.474. The van der Waals surface area contributed by atoms with E-state index in [2.05, 4.69) is 31.1 Å². The molecular formula is C19H25N3O2. The second kappa shape index (κ2) is 6.77. The van der Waals surface area contributed by atoms with Crippen LogP contribution >= 0.6 is 0 Å². The van der Waals surface area contributed by atoms with E-state index in [0.717, 1.165) is 11.3 Å². The van der Waals surface area contributed by atoms with Gasteiger partial charge in [-0.1, -0.05) is 44.2 Å².